The largest absolute Gasteiger partial charge is 0.760 e. The van der Waals surface area contributed by atoms with Crippen molar-refractivity contribution in [3.63, 3.8) is 0 Å². The fourth-order valence-corrected chi connectivity index (χ4v) is 0.834. The van der Waals surface area contributed by atoms with Gasteiger partial charge in [-0.25, -0.2) is 4.72 Å². The van der Waals surface area contributed by atoms with Crippen LogP contribution in [0, 0.1) is 11.8 Å². The van der Waals surface area contributed by atoms with Crippen molar-refractivity contribution in [1.82, 2.24) is 4.72 Å². The first-order chi connectivity index (χ1) is 4.54. The van der Waals surface area contributed by atoms with Crippen molar-refractivity contribution in [3.05, 3.63) is 0 Å². The quantitative estimate of drug-likeness (QED) is 0.621. The van der Waals surface area contributed by atoms with Crippen molar-refractivity contribution in [3.8, 4) is 0 Å². The van der Waals surface area contributed by atoms with Crippen LogP contribution < -0.4 is 4.72 Å². The number of rotatable bonds is 4. The van der Waals surface area contributed by atoms with Gasteiger partial charge in [0.2, 0.25) is 0 Å². The van der Waals surface area contributed by atoms with Gasteiger partial charge in [0.05, 0.1) is 0 Å². The lowest BCUT2D eigenvalue weighted by atomic mass is 9.99. The van der Waals surface area contributed by atoms with E-state index < -0.39 is 11.3 Å². The van der Waals surface area contributed by atoms with Crippen molar-refractivity contribution in [2.75, 3.05) is 6.54 Å². The number of nitrogens with one attached hydrogen (secondary N) is 1. The molecule has 10 heavy (non-hydrogen) atoms. The molecule has 0 heterocycles. The van der Waals surface area contributed by atoms with Crippen LogP contribution in [-0.4, -0.2) is 15.3 Å². The summed E-state index contributed by atoms with van der Waals surface area (Å²) in [5, 5.41) is 0. The topological polar surface area (TPSA) is 52.2 Å². The van der Waals surface area contributed by atoms with E-state index in [1.54, 1.807) is 0 Å². The molecule has 0 amide bonds. The van der Waals surface area contributed by atoms with Crippen LogP contribution in [0.25, 0.3) is 0 Å². The average Bonchev–Trinajstić information content (AvgIpc) is 1.82. The van der Waals surface area contributed by atoms with E-state index in [2.05, 4.69) is 18.6 Å². The van der Waals surface area contributed by atoms with Gasteiger partial charge in [-0.1, -0.05) is 20.8 Å². The Morgan fingerprint density at radius 1 is 1.50 bits per heavy atom. The Balaban J connectivity index is 3.39. The molecule has 0 fully saturated rings. The van der Waals surface area contributed by atoms with E-state index in [9.17, 15) is 8.76 Å². The number of hydrogen-bond acceptors (Lipinski definition) is 2. The SMILES string of the molecule is CC(C)[C@H](C)CNS(=O)[O-]. The van der Waals surface area contributed by atoms with Gasteiger partial charge in [0.25, 0.3) is 0 Å². The fourth-order valence-electron chi connectivity index (χ4n) is 0.435. The monoisotopic (exact) mass is 164 g/mol. The van der Waals surface area contributed by atoms with Gasteiger partial charge in [0.15, 0.2) is 0 Å². The van der Waals surface area contributed by atoms with E-state index in [0.717, 1.165) is 0 Å². The lowest BCUT2D eigenvalue weighted by Crippen LogP contribution is -2.25. The predicted octanol–water partition coefficient (Wildman–Crippen LogP) is 0.662. The molecule has 0 aromatic carbocycles. The molecule has 1 unspecified atom stereocenters. The highest BCUT2D eigenvalue weighted by molar-refractivity contribution is 7.77. The van der Waals surface area contributed by atoms with Crippen LogP contribution in [0.15, 0.2) is 0 Å². The van der Waals surface area contributed by atoms with Crippen LogP contribution in [0.5, 0.6) is 0 Å². The Morgan fingerprint density at radius 3 is 2.30 bits per heavy atom. The Kier molecular flexibility index (Phi) is 4.85. The first-order valence-electron chi connectivity index (χ1n) is 3.36. The first kappa shape index (κ1) is 10.1. The Hall–Kier alpha value is 0.0700. The first-order valence-corrected chi connectivity index (χ1v) is 4.44. The molecule has 0 bridgehead atoms. The molecule has 0 spiro atoms. The van der Waals surface area contributed by atoms with E-state index in [0.29, 0.717) is 18.4 Å². The van der Waals surface area contributed by atoms with Crippen LogP contribution in [0.3, 0.4) is 0 Å². The van der Waals surface area contributed by atoms with Gasteiger partial charge in [-0.2, -0.15) is 0 Å². The normalized spacial score (nSPS) is 17.3. The maximum Gasteiger partial charge on any atom is 0.0181 e. The molecule has 3 nitrogen and oxygen atoms in total. The number of hydrogen-bond donors (Lipinski definition) is 1. The lowest BCUT2D eigenvalue weighted by Gasteiger charge is -2.16. The molecule has 0 saturated carbocycles. The van der Waals surface area contributed by atoms with Gasteiger partial charge in [-0.05, 0) is 11.8 Å². The molecule has 0 aromatic heterocycles. The predicted molar refractivity (Wildman–Crippen MR) is 40.9 cm³/mol. The maximum atomic E-state index is 10.0. The molecule has 0 aliphatic heterocycles. The zero-order chi connectivity index (χ0) is 8.15. The minimum Gasteiger partial charge on any atom is -0.760 e. The Labute approximate surface area is 64.6 Å². The summed E-state index contributed by atoms with van der Waals surface area (Å²) in [4.78, 5) is 0. The zero-order valence-corrected chi connectivity index (χ0v) is 7.40. The second kappa shape index (κ2) is 4.82. The fraction of sp³-hybridized carbons (Fsp3) is 1.00. The second-order valence-electron chi connectivity index (χ2n) is 2.80. The molecule has 0 saturated heterocycles. The summed E-state index contributed by atoms with van der Waals surface area (Å²) in [5.41, 5.74) is 0. The second-order valence-corrected chi connectivity index (χ2v) is 3.56. The summed E-state index contributed by atoms with van der Waals surface area (Å²) in [6, 6.07) is 0. The molecular weight excluding hydrogens is 150 g/mol. The molecular formula is C6H14NO2S-. The van der Waals surface area contributed by atoms with Crippen LogP contribution in [0.1, 0.15) is 20.8 Å². The summed E-state index contributed by atoms with van der Waals surface area (Å²) >= 11 is -2.10. The van der Waals surface area contributed by atoms with Gasteiger partial charge < -0.3 is 4.55 Å². The highest BCUT2D eigenvalue weighted by Crippen LogP contribution is 2.07. The molecule has 4 heteroatoms. The van der Waals surface area contributed by atoms with Crippen LogP contribution in [0.2, 0.25) is 0 Å². The zero-order valence-electron chi connectivity index (χ0n) is 6.59. The van der Waals surface area contributed by atoms with Crippen LogP contribution in [-0.2, 0) is 11.3 Å². The molecule has 2 atom stereocenters. The molecule has 0 radical (unpaired) electrons. The highest BCUT2D eigenvalue weighted by Gasteiger charge is 2.05. The summed E-state index contributed by atoms with van der Waals surface area (Å²) in [6.07, 6.45) is 0. The standard InChI is InChI=1S/C6H15NO2S/c1-5(2)6(3)4-7-10(8)9/h5-7H,4H2,1-3H3,(H,8,9)/p-1/t6-/m1/s1. The van der Waals surface area contributed by atoms with Crippen molar-refractivity contribution < 1.29 is 8.76 Å². The Bertz CT molecular complexity index is 116. The third-order valence-corrected chi connectivity index (χ3v) is 2.06. The molecule has 62 valence electrons. The minimum atomic E-state index is -2.10. The third-order valence-electron chi connectivity index (χ3n) is 1.66. The van der Waals surface area contributed by atoms with E-state index in [-0.39, 0.29) is 0 Å². The van der Waals surface area contributed by atoms with Crippen molar-refractivity contribution in [2.45, 2.75) is 20.8 Å². The molecule has 0 aliphatic carbocycles. The van der Waals surface area contributed by atoms with E-state index in [1.165, 1.54) is 0 Å². The molecule has 0 aromatic rings. The summed E-state index contributed by atoms with van der Waals surface area (Å²) in [6.45, 7) is 6.69. The molecule has 0 aliphatic rings. The summed E-state index contributed by atoms with van der Waals surface area (Å²) in [5.74, 6) is 0.925. The molecule has 1 N–H and O–H groups in total. The lowest BCUT2D eigenvalue weighted by molar-refractivity contribution is 0.410. The third kappa shape index (κ3) is 4.90. The van der Waals surface area contributed by atoms with Gasteiger partial charge in [-0.15, -0.1) is 0 Å². The summed E-state index contributed by atoms with van der Waals surface area (Å²) in [7, 11) is 0. The Morgan fingerprint density at radius 2 is 2.00 bits per heavy atom. The van der Waals surface area contributed by atoms with E-state index >= 15 is 0 Å². The summed E-state index contributed by atoms with van der Waals surface area (Å²) < 4.78 is 22.4. The van der Waals surface area contributed by atoms with E-state index in [4.69, 9.17) is 0 Å². The van der Waals surface area contributed by atoms with Crippen molar-refractivity contribution in [1.29, 1.82) is 0 Å². The van der Waals surface area contributed by atoms with Crippen molar-refractivity contribution in [2.24, 2.45) is 11.8 Å². The smallest absolute Gasteiger partial charge is 0.0181 e. The van der Waals surface area contributed by atoms with Gasteiger partial charge in [0, 0.05) is 17.8 Å². The van der Waals surface area contributed by atoms with Gasteiger partial charge in [-0.3, -0.25) is 4.21 Å². The highest BCUT2D eigenvalue weighted by atomic mass is 32.2. The van der Waals surface area contributed by atoms with Crippen LogP contribution in [0.4, 0.5) is 0 Å². The minimum absolute atomic E-state index is 0.401. The molecule has 0 rings (SSSR count). The van der Waals surface area contributed by atoms with Crippen molar-refractivity contribution >= 4 is 11.3 Å². The van der Waals surface area contributed by atoms with E-state index in [1.807, 2.05) is 6.92 Å². The average molecular weight is 164 g/mol. The maximum absolute atomic E-state index is 10.0. The van der Waals surface area contributed by atoms with Crippen LogP contribution >= 0.6 is 0 Å². The van der Waals surface area contributed by atoms with Gasteiger partial charge >= 0.3 is 0 Å². The van der Waals surface area contributed by atoms with Gasteiger partial charge in [0.1, 0.15) is 0 Å².